The zero-order valence-corrected chi connectivity index (χ0v) is 12.6. The fourth-order valence-electron chi connectivity index (χ4n) is 3.13. The molecule has 0 spiro atoms. The van der Waals surface area contributed by atoms with E-state index >= 15 is 0 Å². The van der Waals surface area contributed by atoms with Crippen LogP contribution in [0, 0.1) is 5.92 Å². The van der Waals surface area contributed by atoms with E-state index in [9.17, 15) is 9.59 Å². The number of likely N-dealkylation sites (tertiary alicyclic amines) is 1. The van der Waals surface area contributed by atoms with E-state index in [-0.39, 0.29) is 36.2 Å². The monoisotopic (exact) mass is 301 g/mol. The van der Waals surface area contributed by atoms with Crippen molar-refractivity contribution >= 4 is 24.2 Å². The third-order valence-corrected chi connectivity index (χ3v) is 4.41. The first-order valence-corrected chi connectivity index (χ1v) is 7.57. The van der Waals surface area contributed by atoms with Gasteiger partial charge < -0.3 is 15.5 Å². The second-order valence-electron chi connectivity index (χ2n) is 6.02. The lowest BCUT2D eigenvalue weighted by Gasteiger charge is -2.30. The highest BCUT2D eigenvalue weighted by atomic mass is 35.5. The first-order chi connectivity index (χ1) is 9.25. The predicted octanol–water partition coefficient (Wildman–Crippen LogP) is 0.677. The predicted molar refractivity (Wildman–Crippen MR) is 78.7 cm³/mol. The molecular formula is C14H24ClN3O2. The van der Waals surface area contributed by atoms with Crippen LogP contribution in [0.4, 0.5) is 0 Å². The number of piperidine rings is 1. The summed E-state index contributed by atoms with van der Waals surface area (Å²) < 4.78 is 0. The summed E-state index contributed by atoms with van der Waals surface area (Å²) in [4.78, 5) is 26.5. The van der Waals surface area contributed by atoms with Crippen molar-refractivity contribution in [2.24, 2.45) is 5.92 Å². The van der Waals surface area contributed by atoms with Gasteiger partial charge in [-0.3, -0.25) is 9.59 Å². The topological polar surface area (TPSA) is 61.4 Å². The molecule has 2 saturated heterocycles. The number of carbonyl (C=O) groups is 2. The molecule has 1 aliphatic carbocycles. The maximum Gasteiger partial charge on any atom is 0.243 e. The second-order valence-corrected chi connectivity index (χ2v) is 6.02. The van der Waals surface area contributed by atoms with Gasteiger partial charge in [0, 0.05) is 19.1 Å². The number of nitrogens with zero attached hydrogens (tertiary/aromatic N) is 1. The van der Waals surface area contributed by atoms with Gasteiger partial charge in [-0.1, -0.05) is 0 Å². The van der Waals surface area contributed by atoms with Gasteiger partial charge in [-0.15, -0.1) is 12.4 Å². The molecule has 20 heavy (non-hydrogen) atoms. The van der Waals surface area contributed by atoms with Crippen LogP contribution in [0.25, 0.3) is 0 Å². The molecule has 2 amide bonds. The number of hydrogen-bond donors (Lipinski definition) is 2. The summed E-state index contributed by atoms with van der Waals surface area (Å²) in [6.45, 7) is 2.53. The van der Waals surface area contributed by atoms with Crippen molar-refractivity contribution in [3.8, 4) is 0 Å². The van der Waals surface area contributed by atoms with Gasteiger partial charge in [0.05, 0.1) is 5.92 Å². The van der Waals surface area contributed by atoms with Crippen LogP contribution in [0.1, 0.15) is 38.5 Å². The summed E-state index contributed by atoms with van der Waals surface area (Å²) in [5.74, 6) is 0.320. The number of halogens is 1. The number of rotatable bonds is 3. The van der Waals surface area contributed by atoms with E-state index in [2.05, 4.69) is 10.6 Å². The van der Waals surface area contributed by atoms with Crippen molar-refractivity contribution in [3.05, 3.63) is 0 Å². The van der Waals surface area contributed by atoms with Crippen molar-refractivity contribution < 1.29 is 9.59 Å². The maximum atomic E-state index is 12.5. The minimum atomic E-state index is -0.213. The molecule has 0 aromatic rings. The van der Waals surface area contributed by atoms with E-state index in [4.69, 9.17) is 0 Å². The van der Waals surface area contributed by atoms with Crippen LogP contribution in [0.3, 0.4) is 0 Å². The number of carbonyl (C=O) groups excluding carboxylic acids is 2. The van der Waals surface area contributed by atoms with Crippen molar-refractivity contribution in [1.29, 1.82) is 0 Å². The Balaban J connectivity index is 0.00000147. The summed E-state index contributed by atoms with van der Waals surface area (Å²) in [6, 6.07) is 0.163. The van der Waals surface area contributed by atoms with Gasteiger partial charge in [0.1, 0.15) is 6.04 Å². The number of amides is 2. The molecule has 0 aromatic carbocycles. The molecule has 3 fully saturated rings. The van der Waals surface area contributed by atoms with E-state index < -0.39 is 0 Å². The van der Waals surface area contributed by atoms with Crippen molar-refractivity contribution in [1.82, 2.24) is 15.5 Å². The Morgan fingerprint density at radius 3 is 2.55 bits per heavy atom. The van der Waals surface area contributed by atoms with Crippen molar-refractivity contribution in [2.75, 3.05) is 19.6 Å². The summed E-state index contributed by atoms with van der Waals surface area (Å²) in [7, 11) is 0. The summed E-state index contributed by atoms with van der Waals surface area (Å²) >= 11 is 0. The van der Waals surface area contributed by atoms with Gasteiger partial charge in [-0.05, 0) is 45.1 Å². The highest BCUT2D eigenvalue weighted by molar-refractivity contribution is 5.89. The van der Waals surface area contributed by atoms with Gasteiger partial charge >= 0.3 is 0 Å². The average Bonchev–Trinajstić information content (AvgIpc) is 3.11. The lowest BCUT2D eigenvalue weighted by molar-refractivity contribution is -0.142. The molecule has 3 aliphatic rings. The molecule has 2 heterocycles. The maximum absolute atomic E-state index is 12.5. The SMILES string of the molecule is Cl.O=C(NC1CC1)C1CCCN1C(=O)[C@@H]1CCCNC1. The molecule has 2 aliphatic heterocycles. The van der Waals surface area contributed by atoms with Gasteiger partial charge in [-0.25, -0.2) is 0 Å². The first kappa shape index (κ1) is 15.6. The lowest BCUT2D eigenvalue weighted by Crippen LogP contribution is -2.50. The molecule has 0 aromatic heterocycles. The van der Waals surface area contributed by atoms with Crippen LogP contribution in [0.5, 0.6) is 0 Å². The van der Waals surface area contributed by atoms with Crippen LogP contribution in [0.15, 0.2) is 0 Å². The van der Waals surface area contributed by atoms with Crippen LogP contribution < -0.4 is 10.6 Å². The van der Waals surface area contributed by atoms with Crippen LogP contribution >= 0.6 is 12.4 Å². The van der Waals surface area contributed by atoms with Gasteiger partial charge in [0.15, 0.2) is 0 Å². The molecule has 114 valence electrons. The molecule has 0 radical (unpaired) electrons. The van der Waals surface area contributed by atoms with E-state index in [0.29, 0.717) is 6.04 Å². The first-order valence-electron chi connectivity index (χ1n) is 7.57. The van der Waals surface area contributed by atoms with E-state index in [1.807, 2.05) is 4.90 Å². The van der Waals surface area contributed by atoms with E-state index in [1.54, 1.807) is 0 Å². The highest BCUT2D eigenvalue weighted by Gasteiger charge is 2.38. The fraction of sp³-hybridized carbons (Fsp3) is 0.857. The second kappa shape index (κ2) is 6.76. The van der Waals surface area contributed by atoms with Crippen molar-refractivity contribution in [3.63, 3.8) is 0 Å². The van der Waals surface area contributed by atoms with Crippen LogP contribution in [-0.4, -0.2) is 48.4 Å². The minimum absolute atomic E-state index is 0. The van der Waals surface area contributed by atoms with E-state index in [0.717, 1.165) is 58.2 Å². The summed E-state index contributed by atoms with van der Waals surface area (Å²) in [6.07, 6.45) is 5.99. The molecule has 1 saturated carbocycles. The minimum Gasteiger partial charge on any atom is -0.352 e. The molecule has 1 unspecified atom stereocenters. The molecule has 3 rings (SSSR count). The molecule has 5 nitrogen and oxygen atoms in total. The molecule has 6 heteroatoms. The quantitative estimate of drug-likeness (QED) is 0.806. The number of hydrogen-bond acceptors (Lipinski definition) is 3. The van der Waals surface area contributed by atoms with Gasteiger partial charge in [-0.2, -0.15) is 0 Å². The van der Waals surface area contributed by atoms with Crippen LogP contribution in [-0.2, 0) is 9.59 Å². The molecule has 2 N–H and O–H groups in total. The Morgan fingerprint density at radius 1 is 1.10 bits per heavy atom. The van der Waals surface area contributed by atoms with Gasteiger partial charge in [0.2, 0.25) is 11.8 Å². The molecule has 2 atom stereocenters. The Morgan fingerprint density at radius 2 is 1.90 bits per heavy atom. The Bertz CT molecular complexity index is 367. The highest BCUT2D eigenvalue weighted by Crippen LogP contribution is 2.25. The fourth-order valence-corrected chi connectivity index (χ4v) is 3.13. The average molecular weight is 302 g/mol. The standard InChI is InChI=1S/C14H23N3O2.ClH/c18-13(16-11-5-6-11)12-4-2-8-17(12)14(19)10-3-1-7-15-9-10;/h10-12,15H,1-9H2,(H,16,18);1H/t10-,12?;/m1./s1. The third-order valence-electron chi connectivity index (χ3n) is 4.41. The van der Waals surface area contributed by atoms with Crippen molar-refractivity contribution in [2.45, 2.75) is 50.6 Å². The smallest absolute Gasteiger partial charge is 0.243 e. The largest absolute Gasteiger partial charge is 0.352 e. The zero-order chi connectivity index (χ0) is 13.2. The molecular weight excluding hydrogens is 278 g/mol. The zero-order valence-electron chi connectivity index (χ0n) is 11.8. The Labute approximate surface area is 126 Å². The summed E-state index contributed by atoms with van der Waals surface area (Å²) in [5.41, 5.74) is 0. The molecule has 0 bridgehead atoms. The Kier molecular flexibility index (Phi) is 5.27. The van der Waals surface area contributed by atoms with Crippen LogP contribution in [0.2, 0.25) is 0 Å². The van der Waals surface area contributed by atoms with E-state index in [1.165, 1.54) is 0 Å². The summed E-state index contributed by atoms with van der Waals surface area (Å²) in [5, 5.41) is 6.31. The normalized spacial score (nSPS) is 29.7. The lowest BCUT2D eigenvalue weighted by atomic mass is 9.97. The number of nitrogens with one attached hydrogen (secondary N) is 2. The van der Waals surface area contributed by atoms with Gasteiger partial charge in [0.25, 0.3) is 0 Å². The third kappa shape index (κ3) is 3.44. The Hall–Kier alpha value is -0.810.